The molecule has 2 aliphatic rings. The fourth-order valence-corrected chi connectivity index (χ4v) is 4.05. The van der Waals surface area contributed by atoms with Crippen LogP contribution in [0.1, 0.15) is 66.3 Å². The number of anilines is 2. The van der Waals surface area contributed by atoms with Gasteiger partial charge in [0.05, 0.1) is 34.9 Å². The van der Waals surface area contributed by atoms with Crippen molar-refractivity contribution in [2.45, 2.75) is 56.7 Å². The van der Waals surface area contributed by atoms with Crippen LogP contribution in [-0.2, 0) is 13.2 Å². The van der Waals surface area contributed by atoms with E-state index in [9.17, 15) is 13.2 Å². The summed E-state index contributed by atoms with van der Waals surface area (Å²) in [7, 11) is 1.89. The van der Waals surface area contributed by atoms with Crippen molar-refractivity contribution in [2.24, 2.45) is 7.05 Å². The van der Waals surface area contributed by atoms with Crippen LogP contribution in [0.15, 0.2) is 18.7 Å². The number of rotatable bonds is 5. The molecule has 0 atom stereocenters. The number of aryl methyl sites for hydroxylation is 1. The van der Waals surface area contributed by atoms with Crippen molar-refractivity contribution in [3.63, 3.8) is 0 Å². The zero-order valence-corrected chi connectivity index (χ0v) is 16.6. The molecule has 0 radical (unpaired) electrons. The van der Waals surface area contributed by atoms with Gasteiger partial charge in [-0.2, -0.15) is 23.4 Å². The predicted molar refractivity (Wildman–Crippen MR) is 101 cm³/mol. The average molecular weight is 418 g/mol. The summed E-state index contributed by atoms with van der Waals surface area (Å²) >= 11 is 0. The lowest BCUT2D eigenvalue weighted by atomic mass is 9.79. The second-order valence-corrected chi connectivity index (χ2v) is 8.04. The van der Waals surface area contributed by atoms with Gasteiger partial charge in [0.1, 0.15) is 12.2 Å². The maximum atomic E-state index is 13.2. The smallest absolute Gasteiger partial charge is 0.321 e. The minimum Gasteiger partial charge on any atom is -0.321 e. The van der Waals surface area contributed by atoms with E-state index in [2.05, 4.69) is 30.5 Å². The highest BCUT2D eigenvalue weighted by Crippen LogP contribution is 2.46. The van der Waals surface area contributed by atoms with Crippen LogP contribution >= 0.6 is 0 Å². The number of aromatic nitrogens is 7. The van der Waals surface area contributed by atoms with Crippen LogP contribution in [0, 0.1) is 6.92 Å². The lowest BCUT2D eigenvalue weighted by Crippen LogP contribution is -2.28. The Morgan fingerprint density at radius 3 is 2.47 bits per heavy atom. The van der Waals surface area contributed by atoms with Gasteiger partial charge in [0.15, 0.2) is 0 Å². The summed E-state index contributed by atoms with van der Waals surface area (Å²) in [4.78, 5) is 12.4. The Labute approximate surface area is 170 Å². The number of nitrogens with zero attached hydrogens (tertiary/aromatic N) is 7. The Bertz CT molecular complexity index is 1080. The SMILES string of the molecule is Cc1c(Nc2ncc(C(F)(F)F)c(C3CC3)n2)cnn1[C@H]1C[C@H](c2ncnn2C)C1. The second kappa shape index (κ2) is 6.78. The van der Waals surface area contributed by atoms with Crippen molar-refractivity contribution in [1.82, 2.24) is 34.5 Å². The van der Waals surface area contributed by atoms with Crippen molar-refractivity contribution in [2.75, 3.05) is 5.32 Å². The molecule has 0 bridgehead atoms. The molecule has 30 heavy (non-hydrogen) atoms. The minimum absolute atomic E-state index is 0.0792. The first kappa shape index (κ1) is 19.0. The van der Waals surface area contributed by atoms with Gasteiger partial charge in [-0.05, 0) is 32.6 Å². The number of alkyl halides is 3. The molecule has 5 rings (SSSR count). The van der Waals surface area contributed by atoms with Gasteiger partial charge in [0, 0.05) is 25.1 Å². The molecular formula is C19H21F3N8. The molecule has 3 heterocycles. The summed E-state index contributed by atoms with van der Waals surface area (Å²) in [5.74, 6) is 1.35. The molecule has 0 saturated heterocycles. The van der Waals surface area contributed by atoms with Crippen LogP contribution < -0.4 is 5.32 Å². The lowest BCUT2D eigenvalue weighted by molar-refractivity contribution is -0.138. The van der Waals surface area contributed by atoms with Crippen LogP contribution in [0.25, 0.3) is 0 Å². The topological polar surface area (TPSA) is 86.3 Å². The Morgan fingerprint density at radius 2 is 1.83 bits per heavy atom. The molecule has 0 amide bonds. The Balaban J connectivity index is 1.32. The van der Waals surface area contributed by atoms with E-state index in [1.807, 2.05) is 18.7 Å². The van der Waals surface area contributed by atoms with E-state index in [4.69, 9.17) is 0 Å². The lowest BCUT2D eigenvalue weighted by Gasteiger charge is -2.35. The molecule has 2 saturated carbocycles. The van der Waals surface area contributed by atoms with Crippen LogP contribution in [-0.4, -0.2) is 34.5 Å². The average Bonchev–Trinajstić information content (AvgIpc) is 3.34. The first-order valence-corrected chi connectivity index (χ1v) is 9.90. The summed E-state index contributed by atoms with van der Waals surface area (Å²) in [6.07, 6.45) is 2.94. The summed E-state index contributed by atoms with van der Waals surface area (Å²) in [5.41, 5.74) is 0.925. The molecule has 0 aromatic carbocycles. The van der Waals surface area contributed by atoms with Gasteiger partial charge in [-0.1, -0.05) is 0 Å². The normalized spacial score (nSPS) is 21.5. The minimum atomic E-state index is -4.44. The zero-order valence-electron chi connectivity index (χ0n) is 16.6. The molecule has 1 N–H and O–H groups in total. The van der Waals surface area contributed by atoms with Crippen LogP contribution in [0.5, 0.6) is 0 Å². The molecule has 0 aliphatic heterocycles. The third-order valence-corrected chi connectivity index (χ3v) is 5.95. The maximum absolute atomic E-state index is 13.2. The third-order valence-electron chi connectivity index (χ3n) is 5.95. The van der Waals surface area contributed by atoms with Crippen molar-refractivity contribution >= 4 is 11.6 Å². The Hall–Kier alpha value is -2.98. The molecule has 8 nitrogen and oxygen atoms in total. The highest BCUT2D eigenvalue weighted by molar-refractivity contribution is 5.55. The molecule has 0 unspecified atom stereocenters. The number of nitrogens with one attached hydrogen (secondary N) is 1. The molecule has 0 spiro atoms. The van der Waals surface area contributed by atoms with Gasteiger partial charge in [0.25, 0.3) is 0 Å². The second-order valence-electron chi connectivity index (χ2n) is 8.04. The highest BCUT2D eigenvalue weighted by atomic mass is 19.4. The van der Waals surface area contributed by atoms with Crippen molar-refractivity contribution in [3.8, 4) is 0 Å². The molecule has 158 valence electrons. The van der Waals surface area contributed by atoms with Crippen molar-refractivity contribution < 1.29 is 13.2 Å². The maximum Gasteiger partial charge on any atom is 0.419 e. The summed E-state index contributed by atoms with van der Waals surface area (Å²) in [6, 6.07) is 0.248. The van der Waals surface area contributed by atoms with E-state index in [1.54, 1.807) is 17.2 Å². The summed E-state index contributed by atoms with van der Waals surface area (Å²) in [6.45, 7) is 1.93. The van der Waals surface area contributed by atoms with Gasteiger partial charge in [-0.3, -0.25) is 9.36 Å². The van der Waals surface area contributed by atoms with Crippen molar-refractivity contribution in [3.05, 3.63) is 41.5 Å². The zero-order chi connectivity index (χ0) is 21.0. The van der Waals surface area contributed by atoms with Gasteiger partial charge in [-0.25, -0.2) is 15.0 Å². The van der Waals surface area contributed by atoms with Crippen LogP contribution in [0.3, 0.4) is 0 Å². The van der Waals surface area contributed by atoms with Crippen LogP contribution in [0.4, 0.5) is 24.8 Å². The number of hydrogen-bond donors (Lipinski definition) is 1. The van der Waals surface area contributed by atoms with E-state index in [0.29, 0.717) is 11.6 Å². The molecule has 11 heteroatoms. The van der Waals surface area contributed by atoms with E-state index < -0.39 is 11.7 Å². The Morgan fingerprint density at radius 1 is 1.07 bits per heavy atom. The largest absolute Gasteiger partial charge is 0.419 e. The summed E-state index contributed by atoms with van der Waals surface area (Å²) < 4.78 is 43.4. The molecular weight excluding hydrogens is 397 g/mol. The van der Waals surface area contributed by atoms with E-state index in [1.165, 1.54) is 0 Å². The van der Waals surface area contributed by atoms with E-state index in [0.717, 1.165) is 43.4 Å². The molecule has 3 aromatic heterocycles. The van der Waals surface area contributed by atoms with Gasteiger partial charge in [0.2, 0.25) is 5.95 Å². The highest BCUT2D eigenvalue weighted by Gasteiger charge is 2.40. The van der Waals surface area contributed by atoms with E-state index >= 15 is 0 Å². The first-order chi connectivity index (χ1) is 14.3. The fourth-order valence-electron chi connectivity index (χ4n) is 4.05. The van der Waals surface area contributed by atoms with Crippen LogP contribution in [0.2, 0.25) is 0 Å². The van der Waals surface area contributed by atoms with E-state index in [-0.39, 0.29) is 23.6 Å². The number of hydrogen-bond acceptors (Lipinski definition) is 6. The third kappa shape index (κ3) is 3.31. The van der Waals surface area contributed by atoms with Crippen molar-refractivity contribution in [1.29, 1.82) is 0 Å². The quantitative estimate of drug-likeness (QED) is 0.677. The monoisotopic (exact) mass is 418 g/mol. The van der Waals surface area contributed by atoms with Gasteiger partial charge in [-0.15, -0.1) is 0 Å². The van der Waals surface area contributed by atoms with Gasteiger partial charge >= 0.3 is 6.18 Å². The fraction of sp³-hybridized carbons (Fsp3) is 0.526. The number of halogens is 3. The molecule has 3 aromatic rings. The Kier molecular flexibility index (Phi) is 4.30. The summed E-state index contributed by atoms with van der Waals surface area (Å²) in [5, 5.41) is 11.6. The molecule has 2 fully saturated rings. The van der Waals surface area contributed by atoms with Gasteiger partial charge < -0.3 is 5.32 Å². The first-order valence-electron chi connectivity index (χ1n) is 9.90. The standard InChI is InChI=1S/C19H21F3N8/c1-10-15(8-25-30(10)13-5-12(6-13)17-24-9-26-29(17)2)27-18-23-7-14(19(20,21)22)16(28-18)11-3-4-11/h7-9,11-13H,3-6H2,1-2H3,(H,23,27,28)/t12-,13-. The molecule has 2 aliphatic carbocycles. The predicted octanol–water partition coefficient (Wildman–Crippen LogP) is 3.87.